The second-order valence-corrected chi connectivity index (χ2v) is 3.91. The Hall–Kier alpha value is -2.10. The Kier molecular flexibility index (Phi) is 2.95. The zero-order valence-electron chi connectivity index (χ0n) is 9.35. The highest BCUT2D eigenvalue weighted by Gasteiger charge is 2.24. The Labute approximate surface area is 99.2 Å². The maximum absolute atomic E-state index is 11.7. The van der Waals surface area contributed by atoms with Gasteiger partial charge in [-0.15, -0.1) is 0 Å². The average molecular weight is 231 g/mol. The minimum Gasteiger partial charge on any atom is -0.478 e. The lowest BCUT2D eigenvalue weighted by molar-refractivity contribution is -0.114. The van der Waals surface area contributed by atoms with E-state index in [0.717, 1.165) is 12.0 Å². The van der Waals surface area contributed by atoms with Gasteiger partial charge in [0, 0.05) is 12.2 Å². The van der Waals surface area contributed by atoms with Crippen LogP contribution in [0.25, 0.3) is 0 Å². The van der Waals surface area contributed by atoms with Gasteiger partial charge in [-0.1, -0.05) is 12.6 Å². The maximum Gasteiger partial charge on any atom is 0.336 e. The Balaban J connectivity index is 2.53. The molecule has 0 saturated carbocycles. The highest BCUT2D eigenvalue weighted by Crippen LogP contribution is 2.30. The first-order valence-electron chi connectivity index (χ1n) is 5.44. The molecule has 17 heavy (non-hydrogen) atoms. The lowest BCUT2D eigenvalue weighted by Gasteiger charge is -2.29. The Bertz CT molecular complexity index is 493. The van der Waals surface area contributed by atoms with Crippen LogP contribution in [0, 0.1) is 0 Å². The van der Waals surface area contributed by atoms with E-state index in [1.807, 2.05) is 0 Å². The number of anilines is 1. The van der Waals surface area contributed by atoms with Crippen molar-refractivity contribution in [2.75, 3.05) is 11.4 Å². The van der Waals surface area contributed by atoms with Crippen molar-refractivity contribution < 1.29 is 14.7 Å². The van der Waals surface area contributed by atoms with Crippen molar-refractivity contribution in [2.45, 2.75) is 12.8 Å². The molecule has 0 radical (unpaired) electrons. The summed E-state index contributed by atoms with van der Waals surface area (Å²) >= 11 is 0. The van der Waals surface area contributed by atoms with Crippen LogP contribution >= 0.6 is 0 Å². The van der Waals surface area contributed by atoms with Gasteiger partial charge in [0.25, 0.3) is 0 Å². The molecule has 4 nitrogen and oxygen atoms in total. The number of hydrogen-bond acceptors (Lipinski definition) is 2. The fraction of sp³-hybridized carbons (Fsp3) is 0.231. The minimum absolute atomic E-state index is 0.187. The van der Waals surface area contributed by atoms with Crippen LogP contribution in [0.15, 0.2) is 30.9 Å². The van der Waals surface area contributed by atoms with Crippen LogP contribution in [-0.2, 0) is 11.2 Å². The van der Waals surface area contributed by atoms with Gasteiger partial charge in [-0.3, -0.25) is 4.79 Å². The SMILES string of the molecule is C=CC(=O)N1CCCc2c(C(=O)O)cccc21. The van der Waals surface area contributed by atoms with E-state index >= 15 is 0 Å². The standard InChI is InChI=1S/C13H13NO3/c1-2-12(15)14-8-4-6-9-10(13(16)17)5-3-7-11(9)14/h2-3,5,7H,1,4,6,8H2,(H,16,17). The van der Waals surface area contributed by atoms with Gasteiger partial charge in [-0.2, -0.15) is 0 Å². The van der Waals surface area contributed by atoms with Crippen molar-refractivity contribution in [1.29, 1.82) is 0 Å². The number of amides is 1. The summed E-state index contributed by atoms with van der Waals surface area (Å²) in [6.07, 6.45) is 2.72. The molecule has 0 unspecified atom stereocenters. The van der Waals surface area contributed by atoms with Crippen LogP contribution < -0.4 is 4.90 Å². The number of carbonyl (C=O) groups is 2. The number of benzene rings is 1. The van der Waals surface area contributed by atoms with Gasteiger partial charge in [0.15, 0.2) is 0 Å². The molecule has 2 rings (SSSR count). The summed E-state index contributed by atoms with van der Waals surface area (Å²) in [4.78, 5) is 24.3. The average Bonchev–Trinajstić information content (AvgIpc) is 2.36. The van der Waals surface area contributed by atoms with E-state index in [1.54, 1.807) is 23.1 Å². The second kappa shape index (κ2) is 4.41. The van der Waals surface area contributed by atoms with Crippen molar-refractivity contribution in [3.8, 4) is 0 Å². The first-order chi connectivity index (χ1) is 8.15. The zero-order valence-corrected chi connectivity index (χ0v) is 9.35. The van der Waals surface area contributed by atoms with Gasteiger partial charge in [0.2, 0.25) is 5.91 Å². The molecule has 88 valence electrons. The summed E-state index contributed by atoms with van der Waals surface area (Å²) in [5.74, 6) is -1.14. The molecule has 1 aromatic rings. The molecule has 1 aliphatic heterocycles. The molecule has 0 bridgehead atoms. The molecular formula is C13H13NO3. The van der Waals surface area contributed by atoms with Gasteiger partial charge < -0.3 is 10.0 Å². The summed E-state index contributed by atoms with van der Waals surface area (Å²) in [7, 11) is 0. The number of carboxylic acid groups (broad SMARTS) is 1. The third-order valence-electron chi connectivity index (χ3n) is 2.92. The number of carbonyl (C=O) groups excluding carboxylic acids is 1. The molecule has 0 aromatic heterocycles. The predicted molar refractivity (Wildman–Crippen MR) is 64.3 cm³/mol. The van der Waals surface area contributed by atoms with Crippen molar-refractivity contribution >= 4 is 17.6 Å². The highest BCUT2D eigenvalue weighted by atomic mass is 16.4. The molecule has 1 aliphatic rings. The van der Waals surface area contributed by atoms with Crippen LogP contribution in [0.2, 0.25) is 0 Å². The molecule has 0 fully saturated rings. The molecule has 0 spiro atoms. The van der Waals surface area contributed by atoms with Crippen LogP contribution in [0.5, 0.6) is 0 Å². The first kappa shape index (κ1) is 11.4. The van der Waals surface area contributed by atoms with Crippen molar-refractivity contribution in [1.82, 2.24) is 0 Å². The number of carboxylic acids is 1. The second-order valence-electron chi connectivity index (χ2n) is 3.91. The van der Waals surface area contributed by atoms with E-state index in [0.29, 0.717) is 18.7 Å². The zero-order chi connectivity index (χ0) is 12.4. The molecule has 0 atom stereocenters. The van der Waals surface area contributed by atoms with Crippen molar-refractivity contribution in [3.63, 3.8) is 0 Å². The van der Waals surface area contributed by atoms with E-state index in [2.05, 4.69) is 6.58 Å². The van der Waals surface area contributed by atoms with Gasteiger partial charge in [-0.05, 0) is 36.6 Å². The number of nitrogens with zero attached hydrogens (tertiary/aromatic N) is 1. The lowest BCUT2D eigenvalue weighted by atomic mass is 9.96. The fourth-order valence-corrected chi connectivity index (χ4v) is 2.16. The number of aromatic carboxylic acids is 1. The van der Waals surface area contributed by atoms with E-state index < -0.39 is 5.97 Å². The normalized spacial score (nSPS) is 14.0. The molecule has 1 heterocycles. The van der Waals surface area contributed by atoms with Crippen molar-refractivity contribution in [3.05, 3.63) is 42.0 Å². The molecule has 1 amide bonds. The third kappa shape index (κ3) is 1.93. The first-order valence-corrected chi connectivity index (χ1v) is 5.44. The molecular weight excluding hydrogens is 218 g/mol. The topological polar surface area (TPSA) is 57.6 Å². The maximum atomic E-state index is 11.7. The number of fused-ring (bicyclic) bond motifs is 1. The fourth-order valence-electron chi connectivity index (χ4n) is 2.16. The summed E-state index contributed by atoms with van der Waals surface area (Å²) in [6.45, 7) is 4.07. The smallest absolute Gasteiger partial charge is 0.336 e. The van der Waals surface area contributed by atoms with Crippen LogP contribution in [0.3, 0.4) is 0 Å². The van der Waals surface area contributed by atoms with E-state index in [9.17, 15) is 9.59 Å². The molecule has 1 aromatic carbocycles. The molecule has 1 N–H and O–H groups in total. The Morgan fingerprint density at radius 3 is 2.82 bits per heavy atom. The summed E-state index contributed by atoms with van der Waals surface area (Å²) in [5, 5.41) is 9.10. The molecule has 4 heteroatoms. The third-order valence-corrected chi connectivity index (χ3v) is 2.92. The summed E-state index contributed by atoms with van der Waals surface area (Å²) in [5.41, 5.74) is 1.71. The van der Waals surface area contributed by atoms with Crippen molar-refractivity contribution in [2.24, 2.45) is 0 Å². The van der Waals surface area contributed by atoms with E-state index in [-0.39, 0.29) is 11.5 Å². The van der Waals surface area contributed by atoms with Gasteiger partial charge in [0.05, 0.1) is 5.56 Å². The van der Waals surface area contributed by atoms with Crippen LogP contribution in [0.4, 0.5) is 5.69 Å². The quantitative estimate of drug-likeness (QED) is 0.790. The van der Waals surface area contributed by atoms with E-state index in [1.165, 1.54) is 6.08 Å². The largest absolute Gasteiger partial charge is 0.478 e. The van der Waals surface area contributed by atoms with Gasteiger partial charge in [0.1, 0.15) is 0 Å². The predicted octanol–water partition coefficient (Wildman–Crippen LogP) is 1.85. The summed E-state index contributed by atoms with van der Waals surface area (Å²) in [6, 6.07) is 5.02. The highest BCUT2D eigenvalue weighted by molar-refractivity contribution is 6.03. The van der Waals surface area contributed by atoms with Crippen LogP contribution in [-0.4, -0.2) is 23.5 Å². The number of rotatable bonds is 2. The number of hydrogen-bond donors (Lipinski definition) is 1. The lowest BCUT2D eigenvalue weighted by Crippen LogP contribution is -2.34. The minimum atomic E-state index is -0.949. The molecule has 0 saturated heterocycles. The van der Waals surface area contributed by atoms with Gasteiger partial charge >= 0.3 is 5.97 Å². The van der Waals surface area contributed by atoms with Gasteiger partial charge in [-0.25, -0.2) is 4.79 Å². The van der Waals surface area contributed by atoms with Crippen LogP contribution in [0.1, 0.15) is 22.3 Å². The Morgan fingerprint density at radius 1 is 1.41 bits per heavy atom. The Morgan fingerprint density at radius 2 is 2.18 bits per heavy atom. The summed E-state index contributed by atoms with van der Waals surface area (Å²) < 4.78 is 0. The van der Waals surface area contributed by atoms with E-state index in [4.69, 9.17) is 5.11 Å². The molecule has 0 aliphatic carbocycles. The monoisotopic (exact) mass is 231 g/mol.